The second kappa shape index (κ2) is 8.92. The Labute approximate surface area is 115 Å². The fourth-order valence-corrected chi connectivity index (χ4v) is 3.31. The quantitative estimate of drug-likeness (QED) is 0.711. The van der Waals surface area contributed by atoms with Crippen molar-refractivity contribution in [3.63, 3.8) is 0 Å². The molecule has 0 radical (unpaired) electrons. The molecule has 0 aliphatic heterocycles. The van der Waals surface area contributed by atoms with Crippen molar-refractivity contribution in [2.24, 2.45) is 5.92 Å². The summed E-state index contributed by atoms with van der Waals surface area (Å²) < 4.78 is 0. The van der Waals surface area contributed by atoms with Crippen LogP contribution in [-0.2, 0) is 0 Å². The lowest BCUT2D eigenvalue weighted by atomic mass is 9.83. The van der Waals surface area contributed by atoms with Crippen molar-refractivity contribution in [3.8, 4) is 0 Å². The Kier molecular flexibility index (Phi) is 7.92. The molecule has 0 aromatic heterocycles. The number of rotatable bonds is 8. The molecule has 0 saturated heterocycles. The molecule has 1 N–H and O–H groups in total. The van der Waals surface area contributed by atoms with Gasteiger partial charge in [0.1, 0.15) is 0 Å². The topological polar surface area (TPSA) is 15.3 Å². The zero-order chi connectivity index (χ0) is 13.4. The fraction of sp³-hybridized carbons (Fsp3) is 1.00. The molecular formula is C16H34N2. The van der Waals surface area contributed by atoms with Crippen molar-refractivity contribution in [2.75, 3.05) is 19.6 Å². The maximum Gasteiger partial charge on any atom is 0.0223 e. The van der Waals surface area contributed by atoms with E-state index in [2.05, 4.69) is 37.9 Å². The number of likely N-dealkylation sites (N-methyl/N-ethyl adjacent to an activating group) is 2. The summed E-state index contributed by atoms with van der Waals surface area (Å²) in [7, 11) is 0. The van der Waals surface area contributed by atoms with E-state index in [9.17, 15) is 0 Å². The summed E-state index contributed by atoms with van der Waals surface area (Å²) in [4.78, 5) is 2.65. The Morgan fingerprint density at radius 1 is 1.11 bits per heavy atom. The molecule has 18 heavy (non-hydrogen) atoms. The van der Waals surface area contributed by atoms with Gasteiger partial charge in [-0.3, -0.25) is 4.90 Å². The maximum absolute atomic E-state index is 3.75. The highest BCUT2D eigenvalue weighted by Crippen LogP contribution is 2.27. The van der Waals surface area contributed by atoms with Gasteiger partial charge < -0.3 is 5.32 Å². The van der Waals surface area contributed by atoms with Gasteiger partial charge in [-0.2, -0.15) is 0 Å². The number of hydrogen-bond donors (Lipinski definition) is 1. The molecule has 108 valence electrons. The van der Waals surface area contributed by atoms with E-state index in [4.69, 9.17) is 0 Å². The molecular weight excluding hydrogens is 220 g/mol. The molecule has 2 atom stereocenters. The van der Waals surface area contributed by atoms with Crippen LogP contribution in [0, 0.1) is 5.92 Å². The smallest absolute Gasteiger partial charge is 0.0223 e. The van der Waals surface area contributed by atoms with E-state index >= 15 is 0 Å². The van der Waals surface area contributed by atoms with Crippen molar-refractivity contribution >= 4 is 0 Å². The minimum Gasteiger partial charge on any atom is -0.313 e. The van der Waals surface area contributed by atoms with Crippen molar-refractivity contribution in [1.82, 2.24) is 10.2 Å². The summed E-state index contributed by atoms with van der Waals surface area (Å²) in [6.45, 7) is 12.8. The van der Waals surface area contributed by atoms with E-state index in [1.54, 1.807) is 0 Å². The van der Waals surface area contributed by atoms with Crippen molar-refractivity contribution < 1.29 is 0 Å². The molecule has 2 unspecified atom stereocenters. The van der Waals surface area contributed by atoms with Gasteiger partial charge in [0.05, 0.1) is 0 Å². The lowest BCUT2D eigenvalue weighted by Gasteiger charge is -2.37. The summed E-state index contributed by atoms with van der Waals surface area (Å²) in [5, 5.41) is 3.75. The average molecular weight is 254 g/mol. The van der Waals surface area contributed by atoms with Crippen LogP contribution in [0.1, 0.15) is 66.2 Å². The number of nitrogens with zero attached hydrogens (tertiary/aromatic N) is 1. The van der Waals surface area contributed by atoms with E-state index in [0.717, 1.165) is 18.5 Å². The van der Waals surface area contributed by atoms with Crippen LogP contribution in [0.15, 0.2) is 0 Å². The van der Waals surface area contributed by atoms with E-state index in [0.29, 0.717) is 6.04 Å². The summed E-state index contributed by atoms with van der Waals surface area (Å²) in [5.74, 6) is 0.914. The summed E-state index contributed by atoms with van der Waals surface area (Å²) in [6.07, 6.45) is 8.49. The molecule has 1 aliphatic carbocycles. The predicted octanol–water partition coefficient (Wildman–Crippen LogP) is 3.67. The third-order valence-electron chi connectivity index (χ3n) is 4.74. The van der Waals surface area contributed by atoms with E-state index in [1.165, 1.54) is 51.6 Å². The van der Waals surface area contributed by atoms with E-state index in [1.807, 2.05) is 0 Å². The van der Waals surface area contributed by atoms with Crippen molar-refractivity contribution in [3.05, 3.63) is 0 Å². The fourth-order valence-electron chi connectivity index (χ4n) is 3.31. The lowest BCUT2D eigenvalue weighted by molar-refractivity contribution is 0.153. The molecule has 2 heteroatoms. The molecule has 0 spiro atoms. The number of hydrogen-bond acceptors (Lipinski definition) is 2. The van der Waals surface area contributed by atoms with Crippen LogP contribution in [0.5, 0.6) is 0 Å². The van der Waals surface area contributed by atoms with Crippen molar-refractivity contribution in [2.45, 2.75) is 78.3 Å². The van der Waals surface area contributed by atoms with Crippen LogP contribution < -0.4 is 5.32 Å². The SMILES string of the molecule is CCNC(CN(CC)C(C)CC)C1CCCCC1. The average Bonchev–Trinajstić information content (AvgIpc) is 2.43. The van der Waals surface area contributed by atoms with Crippen LogP contribution in [0.3, 0.4) is 0 Å². The summed E-state index contributed by atoms with van der Waals surface area (Å²) in [6, 6.07) is 1.43. The molecule has 0 amide bonds. The van der Waals surface area contributed by atoms with Gasteiger partial charge in [0.25, 0.3) is 0 Å². The first-order valence-corrected chi connectivity index (χ1v) is 8.20. The van der Waals surface area contributed by atoms with Gasteiger partial charge in [0.2, 0.25) is 0 Å². The van der Waals surface area contributed by atoms with Crippen LogP contribution in [0.4, 0.5) is 0 Å². The summed E-state index contributed by atoms with van der Waals surface area (Å²) >= 11 is 0. The van der Waals surface area contributed by atoms with Crippen molar-refractivity contribution in [1.29, 1.82) is 0 Å². The molecule has 0 aromatic rings. The first kappa shape index (κ1) is 16.0. The Morgan fingerprint density at radius 2 is 1.78 bits per heavy atom. The first-order valence-electron chi connectivity index (χ1n) is 8.20. The highest BCUT2D eigenvalue weighted by molar-refractivity contribution is 4.83. The van der Waals surface area contributed by atoms with Crippen LogP contribution in [0.25, 0.3) is 0 Å². The minimum absolute atomic E-state index is 0.712. The molecule has 0 bridgehead atoms. The van der Waals surface area contributed by atoms with E-state index < -0.39 is 0 Å². The Morgan fingerprint density at radius 3 is 2.28 bits per heavy atom. The Balaban J connectivity index is 2.53. The molecule has 2 nitrogen and oxygen atoms in total. The second-order valence-electron chi connectivity index (χ2n) is 5.91. The van der Waals surface area contributed by atoms with Crippen LogP contribution in [0.2, 0.25) is 0 Å². The van der Waals surface area contributed by atoms with Crippen LogP contribution >= 0.6 is 0 Å². The van der Waals surface area contributed by atoms with Gasteiger partial charge in [0, 0.05) is 18.6 Å². The van der Waals surface area contributed by atoms with E-state index in [-0.39, 0.29) is 0 Å². The van der Waals surface area contributed by atoms with Crippen LogP contribution in [-0.4, -0.2) is 36.6 Å². The second-order valence-corrected chi connectivity index (χ2v) is 5.91. The molecule has 1 rings (SSSR count). The molecule has 1 aliphatic rings. The lowest BCUT2D eigenvalue weighted by Crippen LogP contribution is -2.48. The number of nitrogens with one attached hydrogen (secondary N) is 1. The van der Waals surface area contributed by atoms with Gasteiger partial charge in [-0.25, -0.2) is 0 Å². The van der Waals surface area contributed by atoms with Gasteiger partial charge >= 0.3 is 0 Å². The highest BCUT2D eigenvalue weighted by Gasteiger charge is 2.25. The van der Waals surface area contributed by atoms with Gasteiger partial charge in [0.15, 0.2) is 0 Å². The monoisotopic (exact) mass is 254 g/mol. The Hall–Kier alpha value is -0.0800. The summed E-state index contributed by atoms with van der Waals surface area (Å²) in [5.41, 5.74) is 0. The molecule has 0 heterocycles. The zero-order valence-electron chi connectivity index (χ0n) is 13.0. The molecule has 1 saturated carbocycles. The molecule has 0 aromatic carbocycles. The Bertz CT molecular complexity index is 199. The third-order valence-corrected chi connectivity index (χ3v) is 4.74. The standard InChI is InChI=1S/C16H34N2/c1-5-14(4)18(7-3)13-16(17-6-2)15-11-9-8-10-12-15/h14-17H,5-13H2,1-4H3. The largest absolute Gasteiger partial charge is 0.313 e. The molecule has 1 fully saturated rings. The zero-order valence-corrected chi connectivity index (χ0v) is 13.0. The minimum atomic E-state index is 0.712. The maximum atomic E-state index is 3.75. The predicted molar refractivity (Wildman–Crippen MR) is 81.0 cm³/mol. The normalized spacial score (nSPS) is 21.2. The van der Waals surface area contributed by atoms with Gasteiger partial charge in [-0.05, 0) is 45.2 Å². The van der Waals surface area contributed by atoms with Gasteiger partial charge in [-0.15, -0.1) is 0 Å². The first-order chi connectivity index (χ1) is 8.72. The third kappa shape index (κ3) is 4.89. The van der Waals surface area contributed by atoms with Gasteiger partial charge in [-0.1, -0.05) is 40.0 Å². The highest BCUT2D eigenvalue weighted by atomic mass is 15.2.